The largest absolute Gasteiger partial charge is 0.326 e. The molecule has 1 aliphatic rings. The van der Waals surface area contributed by atoms with Crippen molar-refractivity contribution in [3.05, 3.63) is 30.1 Å². The SMILES string of the molecule is CCN1C(=O)CSC1c1cccnc1.CNC. The number of nitrogens with zero attached hydrogens (tertiary/aromatic N) is 2. The molecule has 1 N–H and O–H groups in total. The van der Waals surface area contributed by atoms with Gasteiger partial charge in [-0.1, -0.05) is 6.07 Å². The van der Waals surface area contributed by atoms with E-state index < -0.39 is 0 Å². The number of hydrogen-bond acceptors (Lipinski definition) is 4. The van der Waals surface area contributed by atoms with Crippen molar-refractivity contribution < 1.29 is 4.79 Å². The van der Waals surface area contributed by atoms with E-state index in [2.05, 4.69) is 10.3 Å². The molecule has 0 spiro atoms. The van der Waals surface area contributed by atoms with Crippen LogP contribution in [0.4, 0.5) is 0 Å². The Bertz CT molecular complexity index is 345. The average Bonchev–Trinajstić information content (AvgIpc) is 2.72. The second kappa shape index (κ2) is 7.29. The predicted octanol–water partition coefficient (Wildman–Crippen LogP) is 1.51. The highest BCUT2D eigenvalue weighted by molar-refractivity contribution is 8.00. The lowest BCUT2D eigenvalue weighted by molar-refractivity contribution is -0.127. The summed E-state index contributed by atoms with van der Waals surface area (Å²) in [4.78, 5) is 17.4. The monoisotopic (exact) mass is 253 g/mol. The molecule has 4 nitrogen and oxygen atoms in total. The topological polar surface area (TPSA) is 45.2 Å². The molecule has 1 aliphatic heterocycles. The van der Waals surface area contributed by atoms with Crippen molar-refractivity contribution in [2.45, 2.75) is 12.3 Å². The summed E-state index contributed by atoms with van der Waals surface area (Å²) in [5.41, 5.74) is 1.12. The first-order valence-corrected chi connectivity index (χ1v) is 6.69. The molecule has 1 fully saturated rings. The van der Waals surface area contributed by atoms with Gasteiger partial charge in [-0.05, 0) is 27.1 Å². The van der Waals surface area contributed by atoms with Gasteiger partial charge in [-0.2, -0.15) is 0 Å². The Balaban J connectivity index is 0.000000437. The van der Waals surface area contributed by atoms with Gasteiger partial charge < -0.3 is 10.2 Å². The first kappa shape index (κ1) is 14.0. The van der Waals surface area contributed by atoms with Gasteiger partial charge >= 0.3 is 0 Å². The number of pyridine rings is 1. The molecule has 17 heavy (non-hydrogen) atoms. The maximum absolute atomic E-state index is 11.5. The van der Waals surface area contributed by atoms with Crippen LogP contribution in [0.5, 0.6) is 0 Å². The van der Waals surface area contributed by atoms with Gasteiger partial charge in [0.15, 0.2) is 0 Å². The highest BCUT2D eigenvalue weighted by Gasteiger charge is 2.31. The summed E-state index contributed by atoms with van der Waals surface area (Å²) in [7, 11) is 3.75. The van der Waals surface area contributed by atoms with Crippen LogP contribution in [0.15, 0.2) is 24.5 Å². The highest BCUT2D eigenvalue weighted by Crippen LogP contribution is 2.37. The molecule has 0 aliphatic carbocycles. The lowest BCUT2D eigenvalue weighted by atomic mass is 10.2. The average molecular weight is 253 g/mol. The zero-order chi connectivity index (χ0) is 12.7. The lowest BCUT2D eigenvalue weighted by Crippen LogP contribution is -2.27. The third-order valence-electron chi connectivity index (χ3n) is 2.28. The van der Waals surface area contributed by atoms with Crippen molar-refractivity contribution in [2.75, 3.05) is 26.4 Å². The Kier molecular flexibility index (Phi) is 6.00. The molecule has 0 saturated carbocycles. The molecule has 0 radical (unpaired) electrons. The van der Waals surface area contributed by atoms with E-state index in [0.717, 1.165) is 12.1 Å². The Morgan fingerprint density at radius 2 is 2.29 bits per heavy atom. The number of carbonyl (C=O) groups is 1. The minimum atomic E-state index is 0.168. The summed E-state index contributed by atoms with van der Waals surface area (Å²) in [6.07, 6.45) is 3.58. The van der Waals surface area contributed by atoms with E-state index in [9.17, 15) is 4.79 Å². The van der Waals surface area contributed by atoms with Crippen molar-refractivity contribution in [3.63, 3.8) is 0 Å². The molecule has 2 heterocycles. The molecule has 2 rings (SSSR count). The van der Waals surface area contributed by atoms with E-state index in [-0.39, 0.29) is 11.3 Å². The second-order valence-corrected chi connectivity index (χ2v) is 4.70. The van der Waals surface area contributed by atoms with Crippen LogP contribution in [0, 0.1) is 0 Å². The van der Waals surface area contributed by atoms with Crippen LogP contribution in [0.3, 0.4) is 0 Å². The van der Waals surface area contributed by atoms with Crippen molar-refractivity contribution in [1.29, 1.82) is 0 Å². The van der Waals surface area contributed by atoms with Crippen molar-refractivity contribution in [1.82, 2.24) is 15.2 Å². The molecule has 5 heteroatoms. The van der Waals surface area contributed by atoms with E-state index in [0.29, 0.717) is 5.75 Å². The number of rotatable bonds is 2. The summed E-state index contributed by atoms with van der Waals surface area (Å²) in [6.45, 7) is 2.78. The van der Waals surface area contributed by atoms with Gasteiger partial charge in [0, 0.05) is 24.5 Å². The molecule has 0 aromatic carbocycles. The zero-order valence-corrected chi connectivity index (χ0v) is 11.3. The summed E-state index contributed by atoms with van der Waals surface area (Å²) < 4.78 is 0. The summed E-state index contributed by atoms with van der Waals surface area (Å²) >= 11 is 1.67. The molecule has 0 bridgehead atoms. The third kappa shape index (κ3) is 3.71. The van der Waals surface area contributed by atoms with Gasteiger partial charge in [-0.25, -0.2) is 0 Å². The number of nitrogens with one attached hydrogen (secondary N) is 1. The quantitative estimate of drug-likeness (QED) is 0.868. The van der Waals surface area contributed by atoms with Crippen LogP contribution in [0.2, 0.25) is 0 Å². The van der Waals surface area contributed by atoms with Crippen LogP contribution < -0.4 is 5.32 Å². The molecular weight excluding hydrogens is 234 g/mol. The zero-order valence-electron chi connectivity index (χ0n) is 10.5. The Morgan fingerprint density at radius 3 is 2.82 bits per heavy atom. The summed E-state index contributed by atoms with van der Waals surface area (Å²) in [5.74, 6) is 0.819. The lowest BCUT2D eigenvalue weighted by Gasteiger charge is -2.21. The Morgan fingerprint density at radius 1 is 1.59 bits per heavy atom. The first-order valence-electron chi connectivity index (χ1n) is 5.64. The van der Waals surface area contributed by atoms with Gasteiger partial charge in [-0.3, -0.25) is 9.78 Å². The molecular formula is C12H19N3OS. The molecule has 1 unspecified atom stereocenters. The minimum Gasteiger partial charge on any atom is -0.326 e. The number of carbonyl (C=O) groups excluding carboxylic acids is 1. The van der Waals surface area contributed by atoms with Crippen LogP contribution in [-0.4, -0.2) is 42.2 Å². The number of aromatic nitrogens is 1. The number of thioether (sulfide) groups is 1. The second-order valence-electron chi connectivity index (χ2n) is 3.63. The van der Waals surface area contributed by atoms with E-state index in [1.165, 1.54) is 0 Å². The van der Waals surface area contributed by atoms with Gasteiger partial charge in [0.05, 0.1) is 5.75 Å². The van der Waals surface area contributed by atoms with Crippen LogP contribution in [0.25, 0.3) is 0 Å². The smallest absolute Gasteiger partial charge is 0.233 e. The normalized spacial score (nSPS) is 18.9. The van der Waals surface area contributed by atoms with E-state index in [1.54, 1.807) is 18.0 Å². The van der Waals surface area contributed by atoms with Gasteiger partial charge in [0.25, 0.3) is 0 Å². The fourth-order valence-electron chi connectivity index (χ4n) is 1.59. The predicted molar refractivity (Wildman–Crippen MR) is 71.8 cm³/mol. The Hall–Kier alpha value is -1.07. The maximum atomic E-state index is 11.5. The van der Waals surface area contributed by atoms with Crippen molar-refractivity contribution in [2.24, 2.45) is 0 Å². The van der Waals surface area contributed by atoms with Crippen LogP contribution in [-0.2, 0) is 4.79 Å². The summed E-state index contributed by atoms with van der Waals surface area (Å²) in [5, 5.41) is 2.92. The molecule has 1 aromatic heterocycles. The highest BCUT2D eigenvalue weighted by atomic mass is 32.2. The number of amides is 1. The Labute approximate surface area is 107 Å². The number of hydrogen-bond donors (Lipinski definition) is 1. The first-order chi connectivity index (χ1) is 8.24. The standard InChI is InChI=1S/C10H12N2OS.C2H7N/c1-2-12-9(13)7-14-10(12)8-4-3-5-11-6-8;1-3-2/h3-6,10H,2,7H2,1H3;3H,1-2H3. The molecule has 94 valence electrons. The van der Waals surface area contributed by atoms with Crippen LogP contribution in [0.1, 0.15) is 17.9 Å². The molecule has 1 saturated heterocycles. The van der Waals surface area contributed by atoms with Crippen LogP contribution >= 0.6 is 11.8 Å². The van der Waals surface area contributed by atoms with Crippen molar-refractivity contribution >= 4 is 17.7 Å². The minimum absolute atomic E-state index is 0.168. The van der Waals surface area contributed by atoms with E-state index >= 15 is 0 Å². The van der Waals surface area contributed by atoms with Gasteiger partial charge in [0.1, 0.15) is 5.37 Å². The fraction of sp³-hybridized carbons (Fsp3) is 0.500. The van der Waals surface area contributed by atoms with E-state index in [1.807, 2.05) is 44.2 Å². The van der Waals surface area contributed by atoms with Crippen molar-refractivity contribution in [3.8, 4) is 0 Å². The van der Waals surface area contributed by atoms with E-state index in [4.69, 9.17) is 0 Å². The molecule has 1 atom stereocenters. The molecule has 1 amide bonds. The molecule has 1 aromatic rings. The fourth-order valence-corrected chi connectivity index (χ4v) is 2.84. The maximum Gasteiger partial charge on any atom is 0.233 e. The van der Waals surface area contributed by atoms with Gasteiger partial charge in [0.2, 0.25) is 5.91 Å². The summed E-state index contributed by atoms with van der Waals surface area (Å²) in [6, 6.07) is 3.93. The van der Waals surface area contributed by atoms with Gasteiger partial charge in [-0.15, -0.1) is 11.8 Å². The third-order valence-corrected chi connectivity index (χ3v) is 3.53.